The molecule has 1 heterocycles. The highest BCUT2D eigenvalue weighted by molar-refractivity contribution is 8.00. The highest BCUT2D eigenvalue weighted by Crippen LogP contribution is 2.23. The zero-order valence-electron chi connectivity index (χ0n) is 22.2. The maximum absolute atomic E-state index is 13.4. The summed E-state index contributed by atoms with van der Waals surface area (Å²) < 4.78 is 0. The van der Waals surface area contributed by atoms with Crippen LogP contribution in [-0.4, -0.2) is 47.8 Å². The van der Waals surface area contributed by atoms with Crippen LogP contribution in [0, 0.1) is 6.92 Å². The van der Waals surface area contributed by atoms with E-state index in [4.69, 9.17) is 0 Å². The largest absolute Gasteiger partial charge is 0.378 e. The minimum atomic E-state index is -0.479. The van der Waals surface area contributed by atoms with Crippen LogP contribution in [0.3, 0.4) is 0 Å². The fourth-order valence-corrected chi connectivity index (χ4v) is 4.85. The molecule has 0 unspecified atom stereocenters. The lowest BCUT2D eigenvalue weighted by Crippen LogP contribution is -2.30. The van der Waals surface area contributed by atoms with E-state index in [0.717, 1.165) is 21.2 Å². The van der Waals surface area contributed by atoms with Gasteiger partial charge in [0.25, 0.3) is 11.8 Å². The van der Waals surface area contributed by atoms with Gasteiger partial charge in [-0.25, -0.2) is 0 Å². The SMILES string of the molecule is Cc1nnc(NC(=O)CSc2cccc(NC(=O)/C(=C\c3ccc(N(C)C)cc3)NC(=O)c3ccccc3)c2)s1. The van der Waals surface area contributed by atoms with Crippen molar-refractivity contribution in [3.8, 4) is 0 Å². The van der Waals surface area contributed by atoms with Crippen LogP contribution in [0.5, 0.6) is 0 Å². The van der Waals surface area contributed by atoms with Gasteiger partial charge in [0.2, 0.25) is 11.0 Å². The highest BCUT2D eigenvalue weighted by atomic mass is 32.2. The molecule has 0 spiro atoms. The smallest absolute Gasteiger partial charge is 0.272 e. The molecule has 4 rings (SSSR count). The van der Waals surface area contributed by atoms with Crippen molar-refractivity contribution in [1.82, 2.24) is 15.5 Å². The number of aromatic nitrogens is 2. The normalized spacial score (nSPS) is 11.0. The molecular formula is C29H28N6O3S2. The highest BCUT2D eigenvalue weighted by Gasteiger charge is 2.16. The Morgan fingerprint density at radius 3 is 2.35 bits per heavy atom. The zero-order chi connectivity index (χ0) is 28.5. The molecule has 3 N–H and O–H groups in total. The summed E-state index contributed by atoms with van der Waals surface area (Å²) in [7, 11) is 3.89. The summed E-state index contributed by atoms with van der Waals surface area (Å²) in [4.78, 5) is 41.3. The molecule has 1 aromatic heterocycles. The molecule has 0 aliphatic rings. The molecule has 9 nitrogen and oxygen atoms in total. The summed E-state index contributed by atoms with van der Waals surface area (Å²) in [5.41, 5.74) is 2.82. The summed E-state index contributed by atoms with van der Waals surface area (Å²) in [6.45, 7) is 1.82. The van der Waals surface area contributed by atoms with Crippen molar-refractivity contribution in [2.24, 2.45) is 0 Å². The van der Waals surface area contributed by atoms with Crippen molar-refractivity contribution >= 4 is 63.4 Å². The number of nitrogens with one attached hydrogen (secondary N) is 3. The molecule has 204 valence electrons. The zero-order valence-corrected chi connectivity index (χ0v) is 23.8. The van der Waals surface area contributed by atoms with Crippen molar-refractivity contribution in [3.63, 3.8) is 0 Å². The Labute approximate surface area is 240 Å². The van der Waals surface area contributed by atoms with Crippen molar-refractivity contribution in [2.75, 3.05) is 35.4 Å². The van der Waals surface area contributed by atoms with Gasteiger partial charge in [-0.3, -0.25) is 19.7 Å². The molecule has 0 saturated carbocycles. The summed E-state index contributed by atoms with van der Waals surface area (Å²) >= 11 is 2.63. The first-order valence-corrected chi connectivity index (χ1v) is 14.1. The number of aryl methyl sites for hydroxylation is 1. The summed E-state index contributed by atoms with van der Waals surface area (Å²) in [6.07, 6.45) is 1.63. The van der Waals surface area contributed by atoms with Crippen molar-refractivity contribution in [3.05, 3.63) is 101 Å². The Balaban J connectivity index is 1.47. The van der Waals surface area contributed by atoms with E-state index in [1.807, 2.05) is 62.3 Å². The van der Waals surface area contributed by atoms with Crippen LogP contribution in [0.1, 0.15) is 20.9 Å². The van der Waals surface area contributed by atoms with Gasteiger partial charge in [-0.1, -0.05) is 47.7 Å². The predicted molar refractivity (Wildman–Crippen MR) is 162 cm³/mol. The molecule has 0 atom stereocenters. The molecule has 4 aromatic rings. The van der Waals surface area contributed by atoms with E-state index in [1.54, 1.807) is 48.5 Å². The molecule has 0 aliphatic heterocycles. The second kappa shape index (κ2) is 13.5. The van der Waals surface area contributed by atoms with Gasteiger partial charge >= 0.3 is 0 Å². The lowest BCUT2D eigenvalue weighted by atomic mass is 10.1. The van der Waals surface area contributed by atoms with E-state index in [-0.39, 0.29) is 17.4 Å². The Morgan fingerprint density at radius 1 is 0.925 bits per heavy atom. The second-order valence-corrected chi connectivity index (χ2v) is 11.0. The van der Waals surface area contributed by atoms with Gasteiger partial charge in [0, 0.05) is 35.9 Å². The molecule has 11 heteroatoms. The van der Waals surface area contributed by atoms with Gasteiger partial charge < -0.3 is 15.5 Å². The van der Waals surface area contributed by atoms with E-state index in [2.05, 4.69) is 26.1 Å². The maximum Gasteiger partial charge on any atom is 0.272 e. The quantitative estimate of drug-likeness (QED) is 0.180. The van der Waals surface area contributed by atoms with Crippen molar-refractivity contribution in [1.29, 1.82) is 0 Å². The number of anilines is 3. The standard InChI is InChI=1S/C29H28N6O3S2/c1-19-33-34-29(40-19)32-26(36)18-39-24-11-7-10-22(17-24)30-28(38)25(31-27(37)21-8-5-4-6-9-21)16-20-12-14-23(15-13-20)35(2)3/h4-17H,18H2,1-3H3,(H,30,38)(H,31,37)(H,32,34,36)/b25-16+. The van der Waals surface area contributed by atoms with Crippen molar-refractivity contribution in [2.45, 2.75) is 11.8 Å². The topological polar surface area (TPSA) is 116 Å². The fraction of sp³-hybridized carbons (Fsp3) is 0.138. The first-order chi connectivity index (χ1) is 19.3. The number of benzene rings is 3. The van der Waals surface area contributed by atoms with Gasteiger partial charge in [0.1, 0.15) is 10.7 Å². The Bertz CT molecular complexity index is 1520. The predicted octanol–water partition coefficient (Wildman–Crippen LogP) is 5.05. The van der Waals surface area contributed by atoms with Gasteiger partial charge in [0.15, 0.2) is 0 Å². The third kappa shape index (κ3) is 8.26. The van der Waals surface area contributed by atoms with Crippen LogP contribution in [0.25, 0.3) is 6.08 Å². The monoisotopic (exact) mass is 572 g/mol. The van der Waals surface area contributed by atoms with E-state index in [1.165, 1.54) is 23.1 Å². The van der Waals surface area contributed by atoms with Crippen LogP contribution in [0.15, 0.2) is 89.5 Å². The first kappa shape index (κ1) is 28.5. The van der Waals surface area contributed by atoms with Crippen LogP contribution >= 0.6 is 23.1 Å². The van der Waals surface area contributed by atoms with Gasteiger partial charge in [-0.15, -0.1) is 22.0 Å². The first-order valence-electron chi connectivity index (χ1n) is 12.3. The number of nitrogens with zero attached hydrogens (tertiary/aromatic N) is 3. The van der Waals surface area contributed by atoms with Crippen LogP contribution in [0.4, 0.5) is 16.5 Å². The number of rotatable bonds is 10. The van der Waals surface area contributed by atoms with E-state index >= 15 is 0 Å². The molecule has 0 aliphatic carbocycles. The van der Waals surface area contributed by atoms with Gasteiger partial charge in [0.05, 0.1) is 5.75 Å². The number of hydrogen-bond donors (Lipinski definition) is 3. The van der Waals surface area contributed by atoms with Crippen LogP contribution < -0.4 is 20.9 Å². The second-order valence-electron chi connectivity index (χ2n) is 8.81. The molecule has 0 fully saturated rings. The molecule has 0 saturated heterocycles. The fourth-order valence-electron chi connectivity index (χ4n) is 3.49. The number of carbonyl (C=O) groups is 3. The van der Waals surface area contributed by atoms with Crippen LogP contribution in [-0.2, 0) is 9.59 Å². The Morgan fingerprint density at radius 2 is 1.68 bits per heavy atom. The molecule has 3 amide bonds. The Hall–Kier alpha value is -4.48. The lowest BCUT2D eigenvalue weighted by molar-refractivity contribution is -0.114. The third-order valence-corrected chi connectivity index (χ3v) is 7.23. The minimum Gasteiger partial charge on any atom is -0.378 e. The number of thioether (sulfide) groups is 1. The molecular weight excluding hydrogens is 544 g/mol. The molecule has 40 heavy (non-hydrogen) atoms. The minimum absolute atomic E-state index is 0.0937. The van der Waals surface area contributed by atoms with Gasteiger partial charge in [-0.05, 0) is 61.0 Å². The summed E-state index contributed by atoms with van der Waals surface area (Å²) in [5, 5.41) is 17.3. The summed E-state index contributed by atoms with van der Waals surface area (Å²) in [6, 6.07) is 23.5. The Kier molecular flexibility index (Phi) is 9.66. The van der Waals surface area contributed by atoms with E-state index in [0.29, 0.717) is 16.4 Å². The summed E-state index contributed by atoms with van der Waals surface area (Å²) in [5.74, 6) is -0.915. The third-order valence-electron chi connectivity index (χ3n) is 5.48. The average Bonchev–Trinajstić information content (AvgIpc) is 3.36. The number of hydrogen-bond acceptors (Lipinski definition) is 8. The molecule has 0 bridgehead atoms. The lowest BCUT2D eigenvalue weighted by Gasteiger charge is -2.14. The number of amides is 3. The molecule has 0 radical (unpaired) electrons. The van der Waals surface area contributed by atoms with Gasteiger partial charge in [-0.2, -0.15) is 0 Å². The van der Waals surface area contributed by atoms with E-state index in [9.17, 15) is 14.4 Å². The maximum atomic E-state index is 13.4. The van der Waals surface area contributed by atoms with E-state index < -0.39 is 11.8 Å². The average molecular weight is 573 g/mol. The molecule has 3 aromatic carbocycles. The number of carbonyl (C=O) groups excluding carboxylic acids is 3. The van der Waals surface area contributed by atoms with Crippen LogP contribution in [0.2, 0.25) is 0 Å². The van der Waals surface area contributed by atoms with Crippen molar-refractivity contribution < 1.29 is 14.4 Å².